The van der Waals surface area contributed by atoms with Crippen LogP contribution >= 0.6 is 0 Å². The Morgan fingerprint density at radius 2 is 2.17 bits per heavy atom. The van der Waals surface area contributed by atoms with Crippen LogP contribution in [0.1, 0.15) is 23.0 Å². The van der Waals surface area contributed by atoms with Gasteiger partial charge >= 0.3 is 5.97 Å². The first-order valence-electron chi connectivity index (χ1n) is 5.63. The second-order valence-electron chi connectivity index (χ2n) is 4.03. The fourth-order valence-corrected chi connectivity index (χ4v) is 1.89. The Balaban J connectivity index is 2.57. The lowest BCUT2D eigenvalue weighted by Crippen LogP contribution is -2.05. The summed E-state index contributed by atoms with van der Waals surface area (Å²) in [5.74, 6) is -1.49. The third-order valence-electron chi connectivity index (χ3n) is 2.83. The van der Waals surface area contributed by atoms with Crippen molar-refractivity contribution in [3.05, 3.63) is 35.5 Å². The van der Waals surface area contributed by atoms with Crippen LogP contribution in [0.3, 0.4) is 0 Å². The first-order valence-corrected chi connectivity index (χ1v) is 5.63. The predicted molar refractivity (Wildman–Crippen MR) is 66.6 cm³/mol. The van der Waals surface area contributed by atoms with Gasteiger partial charge in [0.25, 0.3) is 0 Å². The summed E-state index contributed by atoms with van der Waals surface area (Å²) in [6, 6.07) is 7.53. The van der Waals surface area contributed by atoms with Crippen molar-refractivity contribution in [2.24, 2.45) is 7.05 Å². The summed E-state index contributed by atoms with van der Waals surface area (Å²) in [6.07, 6.45) is 0.868. The minimum Gasteiger partial charge on any atom is -0.504 e. The first kappa shape index (κ1) is 12.2. The van der Waals surface area contributed by atoms with Crippen molar-refractivity contribution in [3.63, 3.8) is 0 Å². The van der Waals surface area contributed by atoms with Crippen molar-refractivity contribution in [2.75, 3.05) is 0 Å². The molecular weight excluding hydrogens is 232 g/mol. The van der Waals surface area contributed by atoms with E-state index in [-0.39, 0.29) is 11.4 Å². The van der Waals surface area contributed by atoms with Crippen molar-refractivity contribution in [1.29, 1.82) is 0 Å². The molecule has 1 heterocycles. The normalized spacial score (nSPS) is 10.6. The maximum Gasteiger partial charge on any atom is 0.358 e. The van der Waals surface area contributed by atoms with Gasteiger partial charge in [0.2, 0.25) is 0 Å². The molecule has 0 saturated carbocycles. The number of aromatic nitrogens is 2. The number of carboxylic acids is 1. The molecule has 0 fully saturated rings. The number of aromatic carboxylic acids is 1. The fourth-order valence-electron chi connectivity index (χ4n) is 1.89. The van der Waals surface area contributed by atoms with Crippen LogP contribution in [0, 0.1) is 0 Å². The van der Waals surface area contributed by atoms with Crippen molar-refractivity contribution < 1.29 is 15.0 Å². The number of rotatable bonds is 3. The van der Waals surface area contributed by atoms with E-state index < -0.39 is 5.97 Å². The third-order valence-corrected chi connectivity index (χ3v) is 2.83. The van der Waals surface area contributed by atoms with Gasteiger partial charge in [-0.05, 0) is 18.1 Å². The van der Waals surface area contributed by atoms with E-state index >= 15 is 0 Å². The monoisotopic (exact) mass is 246 g/mol. The molecule has 0 aliphatic heterocycles. The lowest BCUT2D eigenvalue weighted by Gasteiger charge is -2.01. The van der Waals surface area contributed by atoms with Gasteiger partial charge in [-0.25, -0.2) is 4.79 Å². The number of benzene rings is 1. The first-order chi connectivity index (χ1) is 8.54. The molecule has 2 N–H and O–H groups in total. The highest BCUT2D eigenvalue weighted by Crippen LogP contribution is 2.31. The van der Waals surface area contributed by atoms with Crippen LogP contribution < -0.4 is 0 Å². The van der Waals surface area contributed by atoms with E-state index in [1.165, 1.54) is 11.7 Å². The summed E-state index contributed by atoms with van der Waals surface area (Å²) in [5.41, 5.74) is 1.92. The average molecular weight is 246 g/mol. The second kappa shape index (κ2) is 4.52. The van der Waals surface area contributed by atoms with Gasteiger partial charge in [-0.1, -0.05) is 25.1 Å². The van der Waals surface area contributed by atoms with Gasteiger partial charge in [-0.2, -0.15) is 5.10 Å². The highest BCUT2D eigenvalue weighted by Gasteiger charge is 2.21. The Morgan fingerprint density at radius 3 is 2.72 bits per heavy atom. The molecule has 0 amide bonds. The van der Waals surface area contributed by atoms with Crippen LogP contribution in [0.15, 0.2) is 24.3 Å². The molecule has 5 nitrogen and oxygen atoms in total. The van der Waals surface area contributed by atoms with Gasteiger partial charge < -0.3 is 10.2 Å². The zero-order chi connectivity index (χ0) is 13.3. The van der Waals surface area contributed by atoms with E-state index in [0.717, 1.165) is 17.5 Å². The number of hydrogen-bond acceptors (Lipinski definition) is 3. The lowest BCUT2D eigenvalue weighted by molar-refractivity contribution is 0.0681. The standard InChI is InChI=1S/C13H14N2O3/c1-3-8-5-4-6-9(7-8)10-12(16)11(13(17)18)15(2)14-10/h4-7,16H,3H2,1-2H3,(H,17,18). The van der Waals surface area contributed by atoms with Crippen LogP contribution in [-0.4, -0.2) is 26.0 Å². The number of aryl methyl sites for hydroxylation is 2. The molecule has 0 unspecified atom stereocenters. The Hall–Kier alpha value is -2.30. The van der Waals surface area contributed by atoms with E-state index in [1.807, 2.05) is 25.1 Å². The molecular formula is C13H14N2O3. The smallest absolute Gasteiger partial charge is 0.358 e. The maximum atomic E-state index is 11.0. The fraction of sp³-hybridized carbons (Fsp3) is 0.231. The zero-order valence-corrected chi connectivity index (χ0v) is 10.2. The molecule has 1 aromatic heterocycles. The Morgan fingerprint density at radius 1 is 1.44 bits per heavy atom. The summed E-state index contributed by atoms with van der Waals surface area (Å²) in [4.78, 5) is 11.0. The largest absolute Gasteiger partial charge is 0.504 e. The molecule has 2 aromatic rings. The highest BCUT2D eigenvalue weighted by atomic mass is 16.4. The Kier molecular flexibility index (Phi) is 3.06. The van der Waals surface area contributed by atoms with Gasteiger partial charge in [0.1, 0.15) is 5.69 Å². The molecule has 0 aliphatic carbocycles. The minimum atomic E-state index is -1.19. The quantitative estimate of drug-likeness (QED) is 0.869. The highest BCUT2D eigenvalue weighted by molar-refractivity contribution is 5.91. The summed E-state index contributed by atoms with van der Waals surface area (Å²) < 4.78 is 1.17. The van der Waals surface area contributed by atoms with Gasteiger partial charge in [-0.15, -0.1) is 0 Å². The maximum absolute atomic E-state index is 11.0. The summed E-state index contributed by atoms with van der Waals surface area (Å²) >= 11 is 0. The molecule has 0 spiro atoms. The van der Waals surface area contributed by atoms with Crippen molar-refractivity contribution in [3.8, 4) is 17.0 Å². The molecule has 1 aromatic carbocycles. The molecule has 0 radical (unpaired) electrons. The number of carboxylic acid groups (broad SMARTS) is 1. The van der Waals surface area contributed by atoms with Crippen molar-refractivity contribution in [1.82, 2.24) is 9.78 Å². The predicted octanol–water partition coefficient (Wildman–Crippen LogP) is 2.05. The van der Waals surface area contributed by atoms with Crippen LogP contribution in [0.4, 0.5) is 0 Å². The number of carbonyl (C=O) groups is 1. The number of nitrogens with zero attached hydrogens (tertiary/aromatic N) is 2. The molecule has 94 valence electrons. The molecule has 0 saturated heterocycles. The SMILES string of the molecule is CCc1cccc(-c2nn(C)c(C(=O)O)c2O)c1. The second-order valence-corrected chi connectivity index (χ2v) is 4.03. The van der Waals surface area contributed by atoms with Crippen molar-refractivity contribution >= 4 is 5.97 Å². The lowest BCUT2D eigenvalue weighted by atomic mass is 10.1. The van der Waals surface area contributed by atoms with Crippen molar-refractivity contribution in [2.45, 2.75) is 13.3 Å². The van der Waals surface area contributed by atoms with E-state index in [0.29, 0.717) is 5.69 Å². The summed E-state index contributed by atoms with van der Waals surface area (Å²) in [7, 11) is 1.50. The van der Waals surface area contributed by atoms with Crippen LogP contribution in [-0.2, 0) is 13.5 Å². The molecule has 0 atom stereocenters. The molecule has 18 heavy (non-hydrogen) atoms. The molecule has 2 rings (SSSR count). The van der Waals surface area contributed by atoms with Crippen LogP contribution in [0.5, 0.6) is 5.75 Å². The van der Waals surface area contributed by atoms with E-state index in [2.05, 4.69) is 5.10 Å². The molecule has 0 aliphatic rings. The van der Waals surface area contributed by atoms with Gasteiger partial charge in [0.05, 0.1) is 0 Å². The van der Waals surface area contributed by atoms with Gasteiger partial charge in [-0.3, -0.25) is 4.68 Å². The van der Waals surface area contributed by atoms with E-state index in [1.54, 1.807) is 6.07 Å². The summed E-state index contributed by atoms with van der Waals surface area (Å²) in [5, 5.41) is 23.0. The van der Waals surface area contributed by atoms with Gasteiger partial charge in [0, 0.05) is 12.6 Å². The number of aromatic hydroxyl groups is 1. The zero-order valence-electron chi connectivity index (χ0n) is 10.2. The Bertz CT molecular complexity index is 602. The molecule has 5 heteroatoms. The van der Waals surface area contributed by atoms with Crippen LogP contribution in [0.25, 0.3) is 11.3 Å². The minimum absolute atomic E-state index is 0.202. The number of hydrogen-bond donors (Lipinski definition) is 2. The third kappa shape index (κ3) is 1.95. The Labute approximate surface area is 104 Å². The van der Waals surface area contributed by atoms with Gasteiger partial charge in [0.15, 0.2) is 11.4 Å². The molecule has 0 bridgehead atoms. The average Bonchev–Trinajstić information content (AvgIpc) is 2.65. The summed E-state index contributed by atoms with van der Waals surface area (Å²) in [6.45, 7) is 2.03. The van der Waals surface area contributed by atoms with E-state index in [9.17, 15) is 9.90 Å². The van der Waals surface area contributed by atoms with Crippen LogP contribution in [0.2, 0.25) is 0 Å². The van der Waals surface area contributed by atoms with E-state index in [4.69, 9.17) is 5.11 Å². The topological polar surface area (TPSA) is 75.4 Å².